The summed E-state index contributed by atoms with van der Waals surface area (Å²) < 4.78 is 39.0. The van der Waals surface area contributed by atoms with E-state index in [1.807, 2.05) is 30.3 Å². The number of nitrogens with one attached hydrogen (secondary N) is 1. The molecule has 0 fully saturated rings. The SMILES string of the molecule is COc1cc(/C=C/C(=O)O)cc(S(=O)(=O)NC(C)c2ccccc2)c1OC. The van der Waals surface area contributed by atoms with E-state index < -0.39 is 22.0 Å². The number of hydrogen-bond acceptors (Lipinski definition) is 5. The molecule has 2 rings (SSSR count). The summed E-state index contributed by atoms with van der Waals surface area (Å²) in [6.45, 7) is 1.73. The zero-order valence-electron chi connectivity index (χ0n) is 15.2. The number of carbonyl (C=O) groups is 1. The third-order valence-electron chi connectivity index (χ3n) is 3.81. The van der Waals surface area contributed by atoms with E-state index in [0.29, 0.717) is 5.56 Å². The van der Waals surface area contributed by atoms with Crippen molar-refractivity contribution in [3.05, 3.63) is 59.7 Å². The molecule has 7 nitrogen and oxygen atoms in total. The van der Waals surface area contributed by atoms with Gasteiger partial charge in [-0.05, 0) is 36.3 Å². The molecule has 0 aliphatic rings. The van der Waals surface area contributed by atoms with Crippen LogP contribution in [-0.4, -0.2) is 33.7 Å². The number of sulfonamides is 1. The number of carboxylic acids is 1. The Kier molecular flexibility index (Phi) is 6.59. The minimum absolute atomic E-state index is 0.0396. The molecule has 0 spiro atoms. The van der Waals surface area contributed by atoms with Crippen molar-refractivity contribution in [2.75, 3.05) is 14.2 Å². The van der Waals surface area contributed by atoms with Gasteiger partial charge in [0.25, 0.3) is 0 Å². The lowest BCUT2D eigenvalue weighted by Gasteiger charge is -2.18. The van der Waals surface area contributed by atoms with Crippen molar-refractivity contribution < 1.29 is 27.8 Å². The minimum Gasteiger partial charge on any atom is -0.493 e. The Bertz CT molecular complexity index is 938. The second kappa shape index (κ2) is 8.70. The molecule has 0 aliphatic carbocycles. The Labute approximate surface area is 158 Å². The summed E-state index contributed by atoms with van der Waals surface area (Å²) in [5.74, 6) is -0.930. The van der Waals surface area contributed by atoms with Crippen LogP contribution < -0.4 is 14.2 Å². The van der Waals surface area contributed by atoms with E-state index in [-0.39, 0.29) is 16.4 Å². The molecular weight excluding hydrogens is 370 g/mol. The topological polar surface area (TPSA) is 102 Å². The van der Waals surface area contributed by atoms with Crippen molar-refractivity contribution in [2.45, 2.75) is 17.9 Å². The molecule has 1 unspecified atom stereocenters. The van der Waals surface area contributed by atoms with Crippen LogP contribution in [0.25, 0.3) is 6.08 Å². The number of rotatable bonds is 8. The minimum atomic E-state index is -3.98. The molecule has 2 aromatic carbocycles. The predicted octanol–water partition coefficient (Wildman–Crippen LogP) is 2.84. The smallest absolute Gasteiger partial charge is 0.328 e. The molecule has 0 amide bonds. The van der Waals surface area contributed by atoms with E-state index in [0.717, 1.165) is 11.6 Å². The maximum atomic E-state index is 13.0. The van der Waals surface area contributed by atoms with Crippen LogP contribution in [0.4, 0.5) is 0 Å². The lowest BCUT2D eigenvalue weighted by atomic mass is 10.1. The molecule has 0 saturated carbocycles. The zero-order chi connectivity index (χ0) is 20.0. The first-order chi connectivity index (χ1) is 12.8. The summed E-state index contributed by atoms with van der Waals surface area (Å²) in [5, 5.41) is 8.80. The first-order valence-corrected chi connectivity index (χ1v) is 9.51. The highest BCUT2D eigenvalue weighted by Crippen LogP contribution is 2.36. The molecule has 2 aromatic rings. The Morgan fingerprint density at radius 1 is 1.15 bits per heavy atom. The third-order valence-corrected chi connectivity index (χ3v) is 5.35. The number of methoxy groups -OCH3 is 2. The van der Waals surface area contributed by atoms with Gasteiger partial charge >= 0.3 is 5.97 Å². The highest BCUT2D eigenvalue weighted by molar-refractivity contribution is 7.89. The monoisotopic (exact) mass is 391 g/mol. The lowest BCUT2D eigenvalue weighted by molar-refractivity contribution is -0.131. The number of carboxylic acid groups (broad SMARTS) is 1. The molecule has 0 radical (unpaired) electrons. The Hall–Kier alpha value is -2.84. The van der Waals surface area contributed by atoms with E-state index in [1.165, 1.54) is 32.4 Å². The molecular formula is C19H21NO6S. The largest absolute Gasteiger partial charge is 0.493 e. The molecule has 1 atom stereocenters. The van der Waals surface area contributed by atoms with Crippen molar-refractivity contribution in [3.63, 3.8) is 0 Å². The number of hydrogen-bond donors (Lipinski definition) is 2. The Balaban J connectivity index is 2.50. The van der Waals surface area contributed by atoms with E-state index in [2.05, 4.69) is 4.72 Å². The standard InChI is InChI=1S/C19H21NO6S/c1-13(15-7-5-4-6-8-15)20-27(23,24)17-12-14(9-10-18(21)22)11-16(25-2)19(17)26-3/h4-13,20H,1-3H3,(H,21,22)/b10-9+. The predicted molar refractivity (Wildman–Crippen MR) is 101 cm³/mol. The second-order valence-electron chi connectivity index (χ2n) is 5.68. The van der Waals surface area contributed by atoms with Crippen molar-refractivity contribution in [1.82, 2.24) is 4.72 Å². The van der Waals surface area contributed by atoms with Gasteiger partial charge < -0.3 is 14.6 Å². The van der Waals surface area contributed by atoms with Crippen molar-refractivity contribution in [3.8, 4) is 11.5 Å². The van der Waals surface area contributed by atoms with Gasteiger partial charge in [-0.15, -0.1) is 0 Å². The average molecular weight is 391 g/mol. The summed E-state index contributed by atoms with van der Waals surface area (Å²) in [6, 6.07) is 11.5. The van der Waals surface area contributed by atoms with Crippen LogP contribution in [0, 0.1) is 0 Å². The molecule has 27 heavy (non-hydrogen) atoms. The van der Waals surface area contributed by atoms with Gasteiger partial charge in [0.2, 0.25) is 10.0 Å². The number of benzene rings is 2. The average Bonchev–Trinajstić information content (AvgIpc) is 2.65. The molecule has 8 heteroatoms. The van der Waals surface area contributed by atoms with E-state index in [4.69, 9.17) is 14.6 Å². The summed E-state index contributed by atoms with van der Waals surface area (Å²) in [5.41, 5.74) is 1.15. The summed E-state index contributed by atoms with van der Waals surface area (Å²) >= 11 is 0. The summed E-state index contributed by atoms with van der Waals surface area (Å²) in [6.07, 6.45) is 2.20. The summed E-state index contributed by atoms with van der Waals surface area (Å²) in [4.78, 5) is 10.6. The zero-order valence-corrected chi connectivity index (χ0v) is 16.0. The quantitative estimate of drug-likeness (QED) is 0.671. The van der Waals surface area contributed by atoms with Gasteiger partial charge in [-0.25, -0.2) is 17.9 Å². The first kappa shape index (κ1) is 20.5. The second-order valence-corrected chi connectivity index (χ2v) is 7.36. The highest BCUT2D eigenvalue weighted by atomic mass is 32.2. The van der Waals surface area contributed by atoms with Gasteiger partial charge in [-0.2, -0.15) is 0 Å². The van der Waals surface area contributed by atoms with Crippen LogP contribution in [0.2, 0.25) is 0 Å². The number of ether oxygens (including phenoxy) is 2. The maximum Gasteiger partial charge on any atom is 0.328 e. The molecule has 0 aliphatic heterocycles. The van der Waals surface area contributed by atoms with Gasteiger partial charge in [0.05, 0.1) is 14.2 Å². The van der Waals surface area contributed by atoms with Crippen LogP contribution in [-0.2, 0) is 14.8 Å². The van der Waals surface area contributed by atoms with Crippen LogP contribution in [0.1, 0.15) is 24.1 Å². The van der Waals surface area contributed by atoms with Crippen LogP contribution >= 0.6 is 0 Å². The van der Waals surface area contributed by atoms with Crippen molar-refractivity contribution in [2.24, 2.45) is 0 Å². The highest BCUT2D eigenvalue weighted by Gasteiger charge is 2.25. The lowest BCUT2D eigenvalue weighted by Crippen LogP contribution is -2.27. The third kappa shape index (κ3) is 5.08. The fourth-order valence-electron chi connectivity index (χ4n) is 2.52. The maximum absolute atomic E-state index is 13.0. The van der Waals surface area contributed by atoms with Gasteiger partial charge in [0.1, 0.15) is 4.90 Å². The molecule has 0 aromatic heterocycles. The Morgan fingerprint density at radius 2 is 1.81 bits per heavy atom. The van der Waals surface area contributed by atoms with Gasteiger partial charge in [0, 0.05) is 12.1 Å². The molecule has 0 saturated heterocycles. The molecule has 144 valence electrons. The van der Waals surface area contributed by atoms with Crippen LogP contribution in [0.5, 0.6) is 11.5 Å². The molecule has 0 heterocycles. The Morgan fingerprint density at radius 3 is 2.37 bits per heavy atom. The van der Waals surface area contributed by atoms with Gasteiger partial charge in [0.15, 0.2) is 11.5 Å². The van der Waals surface area contributed by atoms with Crippen molar-refractivity contribution >= 4 is 22.1 Å². The fraction of sp³-hybridized carbons (Fsp3) is 0.211. The van der Waals surface area contributed by atoms with Gasteiger partial charge in [-0.1, -0.05) is 30.3 Å². The normalized spacial score (nSPS) is 12.7. The van der Waals surface area contributed by atoms with Crippen LogP contribution in [0.3, 0.4) is 0 Å². The molecule has 0 bridgehead atoms. The van der Waals surface area contributed by atoms with Crippen molar-refractivity contribution in [1.29, 1.82) is 0 Å². The van der Waals surface area contributed by atoms with Crippen LogP contribution in [0.15, 0.2) is 53.4 Å². The van der Waals surface area contributed by atoms with Gasteiger partial charge in [-0.3, -0.25) is 0 Å². The number of aliphatic carboxylic acids is 1. The van der Waals surface area contributed by atoms with E-state index in [9.17, 15) is 13.2 Å². The summed E-state index contributed by atoms with van der Waals surface area (Å²) in [7, 11) is -1.27. The van der Waals surface area contributed by atoms with E-state index >= 15 is 0 Å². The molecule has 2 N–H and O–H groups in total. The van der Waals surface area contributed by atoms with E-state index in [1.54, 1.807) is 6.92 Å². The first-order valence-electron chi connectivity index (χ1n) is 8.02. The fourth-order valence-corrected chi connectivity index (χ4v) is 3.97.